The van der Waals surface area contributed by atoms with Gasteiger partial charge in [-0.3, -0.25) is 4.79 Å². The lowest BCUT2D eigenvalue weighted by molar-refractivity contribution is 0.0976. The van der Waals surface area contributed by atoms with Crippen molar-refractivity contribution in [1.82, 2.24) is 0 Å². The monoisotopic (exact) mass is 379 g/mol. The highest BCUT2D eigenvalue weighted by Crippen LogP contribution is 2.26. The van der Waals surface area contributed by atoms with Crippen LogP contribution in [0.1, 0.15) is 39.5 Å². The van der Waals surface area contributed by atoms with Gasteiger partial charge < -0.3 is 5.32 Å². The van der Waals surface area contributed by atoms with E-state index in [1.54, 1.807) is 0 Å². The molecule has 4 aromatic rings. The number of carbonyl (C=O) groups is 1. The summed E-state index contributed by atoms with van der Waals surface area (Å²) in [5.41, 5.74) is 5.32. The average molecular weight is 380 g/mol. The number of anilines is 1. The predicted octanol–water partition coefficient (Wildman–Crippen LogP) is 6.88. The third-order valence-corrected chi connectivity index (χ3v) is 5.33. The Kier molecular flexibility index (Phi) is 5.44. The minimum absolute atomic E-state index is 0.0859. The maximum atomic E-state index is 13.1. The molecule has 29 heavy (non-hydrogen) atoms. The molecule has 0 aliphatic carbocycles. The molecule has 0 radical (unpaired) electrons. The zero-order valence-electron chi connectivity index (χ0n) is 16.9. The summed E-state index contributed by atoms with van der Waals surface area (Å²) in [5.74, 6) is 0.140. The standard InChI is InChI=1S/C27H25NO/c1-19-7-11-22(12-8-19)26(28-25-15-9-20(2)10-16-25)18-27(29)24-14-13-21-5-3-4-6-23(21)17-24/h3-17,26,28H,18H2,1-2H3. The molecule has 0 saturated carbocycles. The van der Waals surface area contributed by atoms with Crippen LogP contribution in [0.5, 0.6) is 0 Å². The number of hydrogen-bond acceptors (Lipinski definition) is 2. The van der Waals surface area contributed by atoms with Crippen molar-refractivity contribution in [2.45, 2.75) is 26.3 Å². The second kappa shape index (κ2) is 8.32. The van der Waals surface area contributed by atoms with E-state index in [-0.39, 0.29) is 11.8 Å². The van der Waals surface area contributed by atoms with E-state index in [4.69, 9.17) is 0 Å². The van der Waals surface area contributed by atoms with Gasteiger partial charge >= 0.3 is 0 Å². The Morgan fingerprint density at radius 3 is 2.07 bits per heavy atom. The SMILES string of the molecule is Cc1ccc(NC(CC(=O)c2ccc3ccccc3c2)c2ccc(C)cc2)cc1. The number of ketones is 1. The predicted molar refractivity (Wildman–Crippen MR) is 122 cm³/mol. The van der Waals surface area contributed by atoms with Crippen LogP contribution in [0.2, 0.25) is 0 Å². The minimum atomic E-state index is -0.0859. The van der Waals surface area contributed by atoms with E-state index < -0.39 is 0 Å². The van der Waals surface area contributed by atoms with E-state index in [1.807, 2.05) is 36.4 Å². The molecule has 0 aromatic heterocycles. The number of hydrogen-bond donors (Lipinski definition) is 1. The van der Waals surface area contributed by atoms with Gasteiger partial charge in [0.25, 0.3) is 0 Å². The molecule has 4 rings (SSSR count). The molecule has 0 spiro atoms. The molecule has 144 valence electrons. The van der Waals surface area contributed by atoms with Crippen molar-refractivity contribution in [3.05, 3.63) is 113 Å². The Hall–Kier alpha value is -3.39. The van der Waals surface area contributed by atoms with E-state index in [0.29, 0.717) is 6.42 Å². The lowest BCUT2D eigenvalue weighted by atomic mass is 9.95. The average Bonchev–Trinajstić information content (AvgIpc) is 2.75. The van der Waals surface area contributed by atoms with Crippen molar-refractivity contribution in [2.75, 3.05) is 5.32 Å². The molecule has 2 heteroatoms. The van der Waals surface area contributed by atoms with Crippen molar-refractivity contribution in [3.8, 4) is 0 Å². The van der Waals surface area contributed by atoms with Crippen LogP contribution in [0.25, 0.3) is 10.8 Å². The third kappa shape index (κ3) is 4.55. The zero-order valence-corrected chi connectivity index (χ0v) is 16.9. The molecule has 1 atom stereocenters. The highest BCUT2D eigenvalue weighted by molar-refractivity contribution is 6.00. The molecule has 0 heterocycles. The van der Waals surface area contributed by atoms with E-state index >= 15 is 0 Å². The van der Waals surface area contributed by atoms with Crippen molar-refractivity contribution in [3.63, 3.8) is 0 Å². The number of nitrogens with one attached hydrogen (secondary N) is 1. The summed E-state index contributed by atoms with van der Waals surface area (Å²) in [4.78, 5) is 13.1. The molecule has 0 aliphatic heterocycles. The van der Waals surface area contributed by atoms with Crippen LogP contribution >= 0.6 is 0 Å². The first-order chi connectivity index (χ1) is 14.1. The lowest BCUT2D eigenvalue weighted by Gasteiger charge is -2.20. The number of carbonyl (C=O) groups excluding carboxylic acids is 1. The fraction of sp³-hybridized carbons (Fsp3) is 0.148. The van der Waals surface area contributed by atoms with Crippen LogP contribution in [-0.2, 0) is 0 Å². The molecule has 2 nitrogen and oxygen atoms in total. The maximum absolute atomic E-state index is 13.1. The van der Waals surface area contributed by atoms with Crippen LogP contribution in [0.3, 0.4) is 0 Å². The smallest absolute Gasteiger partial charge is 0.165 e. The summed E-state index contributed by atoms with van der Waals surface area (Å²) in [6, 6.07) is 30.7. The van der Waals surface area contributed by atoms with E-state index in [9.17, 15) is 4.79 Å². The number of Topliss-reactive ketones (excluding diaryl/α,β-unsaturated/α-hetero) is 1. The quantitative estimate of drug-likeness (QED) is 0.370. The summed E-state index contributed by atoms with van der Waals surface area (Å²) in [6.07, 6.45) is 0.398. The van der Waals surface area contributed by atoms with Gasteiger partial charge in [-0.15, -0.1) is 0 Å². The van der Waals surface area contributed by atoms with Gasteiger partial charge in [0.1, 0.15) is 0 Å². The van der Waals surface area contributed by atoms with Crippen molar-refractivity contribution in [1.29, 1.82) is 0 Å². The number of rotatable bonds is 6. The first kappa shape index (κ1) is 18.9. The second-order valence-electron chi connectivity index (χ2n) is 7.66. The summed E-state index contributed by atoms with van der Waals surface area (Å²) >= 11 is 0. The number of aryl methyl sites for hydroxylation is 2. The zero-order chi connectivity index (χ0) is 20.2. The van der Waals surface area contributed by atoms with Crippen LogP contribution in [0, 0.1) is 13.8 Å². The minimum Gasteiger partial charge on any atom is -0.378 e. The van der Waals surface area contributed by atoms with Crippen molar-refractivity contribution in [2.24, 2.45) is 0 Å². The van der Waals surface area contributed by atoms with Gasteiger partial charge in [0.05, 0.1) is 6.04 Å². The van der Waals surface area contributed by atoms with Gasteiger partial charge in [-0.25, -0.2) is 0 Å². The van der Waals surface area contributed by atoms with Crippen molar-refractivity contribution >= 4 is 22.2 Å². The molecular formula is C27H25NO. The van der Waals surface area contributed by atoms with Gasteiger partial charge in [0, 0.05) is 17.7 Å². The Morgan fingerprint density at radius 2 is 1.38 bits per heavy atom. The number of benzene rings is 4. The highest BCUT2D eigenvalue weighted by Gasteiger charge is 2.18. The third-order valence-electron chi connectivity index (χ3n) is 5.33. The van der Waals surface area contributed by atoms with Crippen LogP contribution in [0.15, 0.2) is 91.0 Å². The topological polar surface area (TPSA) is 29.1 Å². The molecule has 1 N–H and O–H groups in total. The Bertz CT molecular complexity index is 1130. The molecule has 0 saturated heterocycles. The maximum Gasteiger partial charge on any atom is 0.165 e. The van der Waals surface area contributed by atoms with Gasteiger partial charge in [0.15, 0.2) is 5.78 Å². The van der Waals surface area contributed by atoms with Crippen LogP contribution in [0.4, 0.5) is 5.69 Å². The first-order valence-electron chi connectivity index (χ1n) is 10.0. The number of fused-ring (bicyclic) bond motifs is 1. The summed E-state index contributed by atoms with van der Waals surface area (Å²) in [6.45, 7) is 4.15. The largest absolute Gasteiger partial charge is 0.378 e. The summed E-state index contributed by atoms with van der Waals surface area (Å²) < 4.78 is 0. The fourth-order valence-corrected chi connectivity index (χ4v) is 3.57. The van der Waals surface area contributed by atoms with Gasteiger partial charge in [0.2, 0.25) is 0 Å². The van der Waals surface area contributed by atoms with Crippen LogP contribution < -0.4 is 5.32 Å². The second-order valence-corrected chi connectivity index (χ2v) is 7.66. The molecule has 0 aliphatic rings. The van der Waals surface area contributed by atoms with E-state index in [2.05, 4.69) is 73.8 Å². The molecule has 0 amide bonds. The Labute approximate surface area is 172 Å². The molecule has 4 aromatic carbocycles. The summed E-state index contributed by atoms with van der Waals surface area (Å²) in [5, 5.41) is 5.80. The molecule has 1 unspecified atom stereocenters. The normalized spacial score (nSPS) is 11.9. The Morgan fingerprint density at radius 1 is 0.759 bits per heavy atom. The highest BCUT2D eigenvalue weighted by atomic mass is 16.1. The van der Waals surface area contributed by atoms with Crippen molar-refractivity contribution < 1.29 is 4.79 Å². The molecule has 0 bridgehead atoms. The van der Waals surface area contributed by atoms with E-state index in [0.717, 1.165) is 27.6 Å². The van der Waals surface area contributed by atoms with Gasteiger partial charge in [-0.2, -0.15) is 0 Å². The van der Waals surface area contributed by atoms with Crippen LogP contribution in [-0.4, -0.2) is 5.78 Å². The Balaban J connectivity index is 1.61. The van der Waals surface area contributed by atoms with E-state index in [1.165, 1.54) is 11.1 Å². The van der Waals surface area contributed by atoms with Gasteiger partial charge in [-0.1, -0.05) is 83.9 Å². The lowest BCUT2D eigenvalue weighted by Crippen LogP contribution is -2.16. The first-order valence-corrected chi connectivity index (χ1v) is 10.0. The molecular weight excluding hydrogens is 354 g/mol. The summed E-state index contributed by atoms with van der Waals surface area (Å²) in [7, 11) is 0. The fourth-order valence-electron chi connectivity index (χ4n) is 3.57. The molecule has 0 fully saturated rings. The van der Waals surface area contributed by atoms with Gasteiger partial charge in [-0.05, 0) is 48.4 Å².